The zero-order valence-corrected chi connectivity index (χ0v) is 5.94. The molecule has 0 aliphatic rings. The van der Waals surface area contributed by atoms with Gasteiger partial charge in [0.05, 0.1) is 7.11 Å². The second-order valence-electron chi connectivity index (χ2n) is 1.79. The van der Waals surface area contributed by atoms with E-state index in [2.05, 4.69) is 23.7 Å². The molecule has 9 heavy (non-hydrogen) atoms. The Balaban J connectivity index is 2.80. The van der Waals surface area contributed by atoms with Crippen molar-refractivity contribution in [2.24, 2.45) is 0 Å². The fourth-order valence-corrected chi connectivity index (χ4v) is 0.543. The maximum atomic E-state index is 4.62. The van der Waals surface area contributed by atoms with Gasteiger partial charge in [0.2, 0.25) is 0 Å². The van der Waals surface area contributed by atoms with Crippen LogP contribution in [0.5, 0.6) is 0 Å². The fourth-order valence-electron chi connectivity index (χ4n) is 0.543. The van der Waals surface area contributed by atoms with E-state index >= 15 is 0 Å². The molecule has 0 aromatic carbocycles. The highest BCUT2D eigenvalue weighted by Gasteiger charge is 1.82. The summed E-state index contributed by atoms with van der Waals surface area (Å²) >= 11 is 0. The van der Waals surface area contributed by atoms with Gasteiger partial charge >= 0.3 is 0 Å². The van der Waals surface area contributed by atoms with Crippen LogP contribution in [0.15, 0.2) is 0 Å². The molecular weight excluding hydrogens is 112 g/mol. The molecule has 51 valence electrons. The van der Waals surface area contributed by atoms with Crippen LogP contribution in [-0.4, -0.2) is 6.61 Å². The van der Waals surface area contributed by atoms with Gasteiger partial charge in [-0.25, -0.2) is 0 Å². The first-order chi connectivity index (χ1) is 4.41. The van der Waals surface area contributed by atoms with E-state index in [4.69, 9.17) is 0 Å². The molecule has 0 atom stereocenters. The number of hydrogen-bond acceptors (Lipinski definition) is 1. The SMILES string of the molecule is [CH2]OCCCCC#CC. The van der Waals surface area contributed by atoms with Gasteiger partial charge in [-0.1, -0.05) is 0 Å². The Bertz CT molecular complexity index is 96.9. The highest BCUT2D eigenvalue weighted by Crippen LogP contribution is 1.92. The molecular formula is C8H13O. The molecule has 0 heterocycles. The third kappa shape index (κ3) is 7.52. The lowest BCUT2D eigenvalue weighted by Gasteiger charge is -1.92. The Morgan fingerprint density at radius 3 is 2.78 bits per heavy atom. The molecule has 0 saturated heterocycles. The third-order valence-corrected chi connectivity index (χ3v) is 1.02. The topological polar surface area (TPSA) is 9.23 Å². The Labute approximate surface area is 57.4 Å². The summed E-state index contributed by atoms with van der Waals surface area (Å²) in [5.74, 6) is 5.82. The van der Waals surface area contributed by atoms with E-state index in [0.717, 1.165) is 25.9 Å². The van der Waals surface area contributed by atoms with E-state index in [0.29, 0.717) is 0 Å². The lowest BCUT2D eigenvalue weighted by atomic mass is 10.2. The van der Waals surface area contributed by atoms with Crippen molar-refractivity contribution < 1.29 is 4.74 Å². The molecule has 0 aliphatic carbocycles. The van der Waals surface area contributed by atoms with Gasteiger partial charge in [-0.2, -0.15) is 0 Å². The first-order valence-electron chi connectivity index (χ1n) is 3.18. The Kier molecular flexibility index (Phi) is 7.12. The van der Waals surface area contributed by atoms with Crippen molar-refractivity contribution in [1.29, 1.82) is 0 Å². The van der Waals surface area contributed by atoms with Crippen LogP contribution < -0.4 is 0 Å². The maximum absolute atomic E-state index is 4.62. The van der Waals surface area contributed by atoms with E-state index in [1.807, 2.05) is 6.92 Å². The first-order valence-corrected chi connectivity index (χ1v) is 3.18. The molecule has 0 spiro atoms. The standard InChI is InChI=1S/C8H13O/c1-3-4-5-6-7-8-9-2/h2,5-8H2,1H3. The molecule has 0 unspecified atom stereocenters. The fraction of sp³-hybridized carbons (Fsp3) is 0.625. The van der Waals surface area contributed by atoms with Crippen molar-refractivity contribution in [2.75, 3.05) is 6.61 Å². The van der Waals surface area contributed by atoms with Gasteiger partial charge in [-0.15, -0.1) is 11.8 Å². The van der Waals surface area contributed by atoms with E-state index < -0.39 is 0 Å². The van der Waals surface area contributed by atoms with E-state index in [9.17, 15) is 0 Å². The van der Waals surface area contributed by atoms with Crippen LogP contribution in [0.3, 0.4) is 0 Å². The minimum absolute atomic E-state index is 0.755. The van der Waals surface area contributed by atoms with Gasteiger partial charge in [0, 0.05) is 13.0 Å². The van der Waals surface area contributed by atoms with Crippen molar-refractivity contribution in [3.63, 3.8) is 0 Å². The molecule has 1 radical (unpaired) electrons. The van der Waals surface area contributed by atoms with Crippen molar-refractivity contribution in [3.8, 4) is 11.8 Å². The summed E-state index contributed by atoms with van der Waals surface area (Å²) in [6.07, 6.45) is 3.18. The van der Waals surface area contributed by atoms with Gasteiger partial charge in [-0.05, 0) is 19.8 Å². The third-order valence-electron chi connectivity index (χ3n) is 1.02. The molecule has 1 nitrogen and oxygen atoms in total. The van der Waals surface area contributed by atoms with Gasteiger partial charge < -0.3 is 4.74 Å². The molecule has 0 fully saturated rings. The highest BCUT2D eigenvalue weighted by atomic mass is 16.5. The summed E-state index contributed by atoms with van der Waals surface area (Å²) in [5.41, 5.74) is 0. The van der Waals surface area contributed by atoms with Crippen molar-refractivity contribution in [3.05, 3.63) is 7.11 Å². The Morgan fingerprint density at radius 1 is 1.44 bits per heavy atom. The molecule has 0 aliphatic heterocycles. The molecule has 0 N–H and O–H groups in total. The number of rotatable bonds is 4. The summed E-state index contributed by atoms with van der Waals surface area (Å²) in [4.78, 5) is 0. The molecule has 0 saturated carbocycles. The van der Waals surface area contributed by atoms with Crippen molar-refractivity contribution in [1.82, 2.24) is 0 Å². The molecule has 1 heteroatoms. The minimum atomic E-state index is 0.755. The molecule has 0 rings (SSSR count). The molecule has 0 aromatic heterocycles. The second-order valence-corrected chi connectivity index (χ2v) is 1.79. The average molecular weight is 125 g/mol. The van der Waals surface area contributed by atoms with Crippen molar-refractivity contribution in [2.45, 2.75) is 26.2 Å². The van der Waals surface area contributed by atoms with Crippen LogP contribution in [0.4, 0.5) is 0 Å². The summed E-state index contributed by atoms with van der Waals surface area (Å²) in [6.45, 7) is 2.61. The summed E-state index contributed by atoms with van der Waals surface area (Å²) in [7, 11) is 3.27. The largest absolute Gasteiger partial charge is 0.379 e. The van der Waals surface area contributed by atoms with Gasteiger partial charge in [-0.3, -0.25) is 0 Å². The predicted molar refractivity (Wildman–Crippen MR) is 38.6 cm³/mol. The summed E-state index contributed by atoms with van der Waals surface area (Å²) < 4.78 is 4.62. The Hall–Kier alpha value is -0.480. The molecule has 0 aromatic rings. The van der Waals surface area contributed by atoms with Crippen LogP contribution in [-0.2, 0) is 4.74 Å². The van der Waals surface area contributed by atoms with Crippen LogP contribution in [0.25, 0.3) is 0 Å². The van der Waals surface area contributed by atoms with E-state index in [1.54, 1.807) is 0 Å². The second kappa shape index (κ2) is 7.52. The molecule has 0 bridgehead atoms. The summed E-state index contributed by atoms with van der Waals surface area (Å²) in [5, 5.41) is 0. The number of unbranched alkanes of at least 4 members (excludes halogenated alkanes) is 2. The normalized spacial score (nSPS) is 8.22. The van der Waals surface area contributed by atoms with E-state index in [-0.39, 0.29) is 0 Å². The first kappa shape index (κ1) is 8.52. The zero-order chi connectivity index (χ0) is 6.95. The monoisotopic (exact) mass is 125 g/mol. The average Bonchev–Trinajstić information content (AvgIpc) is 1.89. The smallest absolute Gasteiger partial charge is 0.0700 e. The maximum Gasteiger partial charge on any atom is 0.0700 e. The van der Waals surface area contributed by atoms with Gasteiger partial charge in [0.25, 0.3) is 0 Å². The van der Waals surface area contributed by atoms with Gasteiger partial charge in [0.15, 0.2) is 0 Å². The number of ether oxygens (including phenoxy) is 1. The van der Waals surface area contributed by atoms with Crippen LogP contribution in [0.1, 0.15) is 26.2 Å². The quantitative estimate of drug-likeness (QED) is 0.412. The van der Waals surface area contributed by atoms with Crippen LogP contribution in [0.2, 0.25) is 0 Å². The van der Waals surface area contributed by atoms with Gasteiger partial charge in [0.1, 0.15) is 0 Å². The van der Waals surface area contributed by atoms with Crippen LogP contribution >= 0.6 is 0 Å². The highest BCUT2D eigenvalue weighted by molar-refractivity contribution is 4.94. The Morgan fingerprint density at radius 2 is 2.22 bits per heavy atom. The zero-order valence-electron chi connectivity index (χ0n) is 5.94. The lowest BCUT2D eigenvalue weighted by molar-refractivity contribution is 0.235. The van der Waals surface area contributed by atoms with E-state index in [1.165, 1.54) is 0 Å². The van der Waals surface area contributed by atoms with Crippen LogP contribution in [0, 0.1) is 19.0 Å². The predicted octanol–water partition coefficient (Wildman–Crippen LogP) is 1.99. The molecule has 0 amide bonds. The lowest BCUT2D eigenvalue weighted by Crippen LogP contribution is -1.84. The minimum Gasteiger partial charge on any atom is -0.379 e. The summed E-state index contributed by atoms with van der Waals surface area (Å²) in [6, 6.07) is 0. The van der Waals surface area contributed by atoms with Crippen molar-refractivity contribution >= 4 is 0 Å². The number of hydrogen-bond donors (Lipinski definition) is 0.